The van der Waals surface area contributed by atoms with Crippen LogP contribution in [0.1, 0.15) is 120 Å². The van der Waals surface area contributed by atoms with Crippen LogP contribution in [-0.2, 0) is 14.3 Å². The van der Waals surface area contributed by atoms with Crippen molar-refractivity contribution in [3.05, 3.63) is 0 Å². The Balaban J connectivity index is 1.46. The molecular formula is C32H53BrO4. The molecule has 1 heterocycles. The van der Waals surface area contributed by atoms with Gasteiger partial charge in [0.25, 0.3) is 0 Å². The van der Waals surface area contributed by atoms with Crippen LogP contribution in [0.5, 0.6) is 0 Å². The molecule has 4 nitrogen and oxygen atoms in total. The molecule has 0 unspecified atom stereocenters. The van der Waals surface area contributed by atoms with Gasteiger partial charge in [0.05, 0.1) is 17.3 Å². The van der Waals surface area contributed by atoms with Crippen LogP contribution in [0.2, 0.25) is 0 Å². The lowest BCUT2D eigenvalue weighted by Gasteiger charge is -2.70. The third kappa shape index (κ3) is 4.04. The molecule has 1 N–H and O–H groups in total. The van der Waals surface area contributed by atoms with Gasteiger partial charge in [-0.15, -0.1) is 0 Å². The summed E-state index contributed by atoms with van der Waals surface area (Å²) in [7, 11) is 0. The van der Waals surface area contributed by atoms with Gasteiger partial charge in [-0.3, -0.25) is 4.79 Å². The number of fused-ring (bicyclic) bond motifs is 5. The molecule has 0 aromatic rings. The summed E-state index contributed by atoms with van der Waals surface area (Å²) >= 11 is 3.28. The number of halogens is 1. The summed E-state index contributed by atoms with van der Waals surface area (Å²) in [6.45, 7) is 19.2. The summed E-state index contributed by atoms with van der Waals surface area (Å²) in [6, 6.07) is 0. The van der Waals surface area contributed by atoms with Gasteiger partial charge in [-0.25, -0.2) is 0 Å². The molecule has 0 aromatic heterocycles. The fourth-order valence-corrected chi connectivity index (χ4v) is 11.8. The van der Waals surface area contributed by atoms with Crippen molar-refractivity contribution < 1.29 is 19.4 Å². The molecule has 5 aliphatic rings. The first-order chi connectivity index (χ1) is 17.0. The van der Waals surface area contributed by atoms with E-state index in [9.17, 15) is 9.90 Å². The van der Waals surface area contributed by atoms with Crippen molar-refractivity contribution in [3.63, 3.8) is 0 Å². The molecule has 4 saturated carbocycles. The molecule has 10 atom stereocenters. The Morgan fingerprint density at radius 1 is 0.892 bits per heavy atom. The van der Waals surface area contributed by atoms with E-state index in [2.05, 4.69) is 71.3 Å². The zero-order chi connectivity index (χ0) is 27.2. The maximum absolute atomic E-state index is 12.2. The molecule has 4 aliphatic carbocycles. The molecule has 0 bridgehead atoms. The minimum absolute atomic E-state index is 0.0283. The summed E-state index contributed by atoms with van der Waals surface area (Å²) in [5, 5.41) is 12.3. The molecule has 1 aliphatic heterocycles. The third-order valence-electron chi connectivity index (χ3n) is 13.5. The van der Waals surface area contributed by atoms with E-state index in [1.54, 1.807) is 0 Å². The van der Waals surface area contributed by atoms with Gasteiger partial charge >= 0.3 is 5.97 Å². The molecule has 212 valence electrons. The van der Waals surface area contributed by atoms with E-state index in [4.69, 9.17) is 9.47 Å². The predicted molar refractivity (Wildman–Crippen MR) is 151 cm³/mol. The standard InChI is InChI=1S/C32H53BrO4/c1-27(2)13-9-14-32(8,37-27)20-10-16-31(7)26(20)21(34)18-23-29(5)15-12-24(36-25(35)19-33)28(3,4)22(29)11-17-30(23,31)6/h20-24,26,34H,9-19H2,1-8H3/t20-,21+,22-,23+,24-,26-,29-,30+,31+,32-/m0/s1. The van der Waals surface area contributed by atoms with Crippen LogP contribution in [0, 0.1) is 45.3 Å². The number of aliphatic hydroxyl groups excluding tert-OH is 1. The van der Waals surface area contributed by atoms with Crippen molar-refractivity contribution >= 4 is 21.9 Å². The fraction of sp³-hybridized carbons (Fsp3) is 0.969. The maximum Gasteiger partial charge on any atom is 0.316 e. The number of aliphatic hydroxyl groups is 1. The van der Waals surface area contributed by atoms with Crippen LogP contribution in [-0.4, -0.2) is 39.8 Å². The molecule has 0 spiro atoms. The topological polar surface area (TPSA) is 55.8 Å². The van der Waals surface area contributed by atoms with Crippen molar-refractivity contribution in [3.8, 4) is 0 Å². The zero-order valence-electron chi connectivity index (χ0n) is 24.8. The van der Waals surface area contributed by atoms with E-state index in [-0.39, 0.29) is 56.4 Å². The second kappa shape index (κ2) is 8.93. The quantitative estimate of drug-likeness (QED) is 0.274. The molecule has 0 aromatic carbocycles. The Labute approximate surface area is 234 Å². The molecular weight excluding hydrogens is 528 g/mol. The first-order valence-electron chi connectivity index (χ1n) is 15.2. The Bertz CT molecular complexity index is 916. The van der Waals surface area contributed by atoms with Gasteiger partial charge in [0.1, 0.15) is 11.4 Å². The van der Waals surface area contributed by atoms with Crippen molar-refractivity contribution in [1.29, 1.82) is 0 Å². The highest BCUT2D eigenvalue weighted by Crippen LogP contribution is 2.76. The molecule has 5 heteroatoms. The fourth-order valence-electron chi connectivity index (χ4n) is 11.7. The van der Waals surface area contributed by atoms with Crippen molar-refractivity contribution in [2.24, 2.45) is 45.3 Å². The van der Waals surface area contributed by atoms with Crippen molar-refractivity contribution in [1.82, 2.24) is 0 Å². The lowest BCUT2D eigenvalue weighted by Crippen LogP contribution is -2.67. The molecule has 37 heavy (non-hydrogen) atoms. The van der Waals surface area contributed by atoms with Gasteiger partial charge in [-0.1, -0.05) is 50.5 Å². The average Bonchev–Trinajstić information content (AvgIpc) is 3.17. The summed E-state index contributed by atoms with van der Waals surface area (Å²) in [5.41, 5.74) is 0.176. The zero-order valence-corrected chi connectivity index (χ0v) is 26.4. The Kier molecular flexibility index (Phi) is 6.86. The number of hydrogen-bond donors (Lipinski definition) is 1. The normalized spacial score (nSPS) is 52.5. The van der Waals surface area contributed by atoms with E-state index >= 15 is 0 Å². The summed E-state index contributed by atoms with van der Waals surface area (Å²) in [6.07, 6.45) is 10.8. The first-order valence-corrected chi connectivity index (χ1v) is 16.3. The molecule has 5 fully saturated rings. The number of hydrogen-bond acceptors (Lipinski definition) is 4. The minimum atomic E-state index is -0.274. The smallest absolute Gasteiger partial charge is 0.316 e. The monoisotopic (exact) mass is 580 g/mol. The van der Waals surface area contributed by atoms with E-state index in [0.717, 1.165) is 32.1 Å². The number of esters is 1. The van der Waals surface area contributed by atoms with Gasteiger partial charge in [0, 0.05) is 5.41 Å². The minimum Gasteiger partial charge on any atom is -0.461 e. The van der Waals surface area contributed by atoms with Crippen LogP contribution >= 0.6 is 15.9 Å². The SMILES string of the molecule is CC1(C)CCC[C@@](C)([C@H]2CC[C@]3(C)[C@@H]2[C@H](O)C[C@@H]2[C@@]4(C)CC[C@H](OC(=O)CBr)C(C)(C)[C@@H]4CC[C@]23C)O1. The van der Waals surface area contributed by atoms with E-state index in [1.165, 1.54) is 32.1 Å². The van der Waals surface area contributed by atoms with Crippen LogP contribution in [0.3, 0.4) is 0 Å². The largest absolute Gasteiger partial charge is 0.461 e. The number of carbonyl (C=O) groups excluding carboxylic acids is 1. The van der Waals surface area contributed by atoms with Crippen molar-refractivity contribution in [2.75, 3.05) is 5.33 Å². The summed E-state index contributed by atoms with van der Waals surface area (Å²) in [4.78, 5) is 12.2. The second-order valence-electron chi connectivity index (χ2n) is 16.0. The Morgan fingerprint density at radius 2 is 1.57 bits per heavy atom. The third-order valence-corrected chi connectivity index (χ3v) is 13.9. The van der Waals surface area contributed by atoms with Gasteiger partial charge in [-0.2, -0.15) is 0 Å². The highest BCUT2D eigenvalue weighted by molar-refractivity contribution is 9.09. The van der Waals surface area contributed by atoms with Crippen LogP contribution in [0.25, 0.3) is 0 Å². The van der Waals surface area contributed by atoms with Gasteiger partial charge in [0.2, 0.25) is 0 Å². The summed E-state index contributed by atoms with van der Waals surface area (Å²) < 4.78 is 12.9. The van der Waals surface area contributed by atoms with Crippen LogP contribution in [0.4, 0.5) is 0 Å². The first kappa shape index (κ1) is 28.4. The number of ether oxygens (including phenoxy) is 2. The average molecular weight is 582 g/mol. The lowest BCUT2D eigenvalue weighted by molar-refractivity contribution is -0.258. The van der Waals surface area contributed by atoms with E-state index in [1.807, 2.05) is 0 Å². The van der Waals surface area contributed by atoms with Gasteiger partial charge < -0.3 is 14.6 Å². The van der Waals surface area contributed by atoms with Crippen LogP contribution < -0.4 is 0 Å². The highest BCUT2D eigenvalue weighted by Gasteiger charge is 2.72. The summed E-state index contributed by atoms with van der Waals surface area (Å²) in [5.74, 6) is 1.55. The lowest BCUT2D eigenvalue weighted by atomic mass is 9.35. The molecule has 0 amide bonds. The Morgan fingerprint density at radius 3 is 2.22 bits per heavy atom. The number of rotatable bonds is 3. The number of alkyl halides is 1. The molecule has 5 rings (SSSR count). The van der Waals surface area contributed by atoms with E-state index in [0.29, 0.717) is 23.7 Å². The molecule has 1 saturated heterocycles. The van der Waals surface area contributed by atoms with Crippen LogP contribution in [0.15, 0.2) is 0 Å². The second-order valence-corrected chi connectivity index (χ2v) is 16.5. The van der Waals surface area contributed by atoms with E-state index < -0.39 is 0 Å². The maximum atomic E-state index is 12.2. The molecule has 0 radical (unpaired) electrons. The number of carbonyl (C=O) groups is 1. The predicted octanol–water partition coefficient (Wildman–Crippen LogP) is 7.69. The van der Waals surface area contributed by atoms with Gasteiger partial charge in [-0.05, 0) is 125 Å². The highest BCUT2D eigenvalue weighted by atomic mass is 79.9. The van der Waals surface area contributed by atoms with Crippen molar-refractivity contribution in [2.45, 2.75) is 143 Å². The Hall–Kier alpha value is -0.130. The van der Waals surface area contributed by atoms with Gasteiger partial charge in [0.15, 0.2) is 0 Å².